The van der Waals surface area contributed by atoms with Crippen LogP contribution in [0.15, 0.2) is 0 Å². The Morgan fingerprint density at radius 1 is 1.33 bits per heavy atom. The van der Waals surface area contributed by atoms with Crippen molar-refractivity contribution in [3.05, 3.63) is 0 Å². The summed E-state index contributed by atoms with van der Waals surface area (Å²) in [6.07, 6.45) is -1.11. The van der Waals surface area contributed by atoms with Gasteiger partial charge in [-0.1, -0.05) is 0 Å². The molecule has 0 bridgehead atoms. The molecule has 2 nitrogen and oxygen atoms in total. The van der Waals surface area contributed by atoms with Crippen LogP contribution in [-0.4, -0.2) is 30.6 Å². The first-order chi connectivity index (χ1) is 4.30. The van der Waals surface area contributed by atoms with Crippen LogP contribution in [0.3, 0.4) is 0 Å². The summed E-state index contributed by atoms with van der Waals surface area (Å²) in [5.74, 6) is 0. The van der Waals surface area contributed by atoms with Gasteiger partial charge in [0.25, 0.3) is 0 Å². The van der Waals surface area contributed by atoms with Crippen LogP contribution in [0.1, 0.15) is 12.8 Å². The van der Waals surface area contributed by atoms with Crippen LogP contribution in [0.2, 0.25) is 0 Å². The fourth-order valence-electron chi connectivity index (χ4n) is 0.875. The lowest BCUT2D eigenvalue weighted by molar-refractivity contribution is 0.0740. The molecule has 0 aliphatic carbocycles. The molecule has 1 fully saturated rings. The van der Waals surface area contributed by atoms with Gasteiger partial charge >= 0.3 is 0 Å². The average Bonchev–Trinajstić information content (AvgIpc) is 1.99. The largest absolute Gasteiger partial charge is 0.390 e. The predicted molar refractivity (Wildman–Crippen MR) is 31.0 cm³/mol. The van der Waals surface area contributed by atoms with Crippen molar-refractivity contribution in [1.82, 2.24) is 0 Å². The van der Waals surface area contributed by atoms with Gasteiger partial charge in [0.2, 0.25) is 0 Å². The number of aliphatic hydroxyl groups is 1. The van der Waals surface area contributed by atoms with Crippen molar-refractivity contribution in [3.8, 4) is 0 Å². The van der Waals surface area contributed by atoms with E-state index >= 15 is 0 Å². The molecule has 0 aromatic heterocycles. The second kappa shape index (κ2) is 3.13. The van der Waals surface area contributed by atoms with Gasteiger partial charge in [-0.3, -0.25) is 0 Å². The minimum absolute atomic E-state index is 0.334. The highest BCUT2D eigenvalue weighted by molar-refractivity contribution is 4.69. The van der Waals surface area contributed by atoms with Gasteiger partial charge in [0.1, 0.15) is 6.17 Å². The molecular weight excluding hydrogens is 123 g/mol. The minimum atomic E-state index is -1.08. The van der Waals surface area contributed by atoms with Gasteiger partial charge < -0.3 is 9.84 Å². The third-order valence-electron chi connectivity index (χ3n) is 1.51. The smallest absolute Gasteiger partial charge is 0.128 e. The lowest BCUT2D eigenvalue weighted by Crippen LogP contribution is -2.20. The summed E-state index contributed by atoms with van der Waals surface area (Å²) in [5, 5.41) is 8.90. The van der Waals surface area contributed by atoms with E-state index in [9.17, 15) is 4.39 Å². The maximum Gasteiger partial charge on any atom is 0.128 e. The monoisotopic (exact) mass is 134 g/mol. The first-order valence-electron chi connectivity index (χ1n) is 3.20. The molecule has 2 atom stereocenters. The van der Waals surface area contributed by atoms with E-state index in [2.05, 4.69) is 0 Å². The van der Waals surface area contributed by atoms with E-state index in [1.807, 2.05) is 0 Å². The van der Waals surface area contributed by atoms with Gasteiger partial charge in [-0.05, 0) is 6.42 Å². The number of hydrogen-bond acceptors (Lipinski definition) is 2. The Morgan fingerprint density at radius 2 is 2.00 bits per heavy atom. The zero-order chi connectivity index (χ0) is 6.69. The average molecular weight is 134 g/mol. The van der Waals surface area contributed by atoms with Crippen LogP contribution in [0.25, 0.3) is 0 Å². The van der Waals surface area contributed by atoms with E-state index in [0.717, 1.165) is 0 Å². The molecule has 0 amide bonds. The predicted octanol–water partition coefficient (Wildman–Crippen LogP) is 0.496. The quantitative estimate of drug-likeness (QED) is 0.522. The van der Waals surface area contributed by atoms with Crippen LogP contribution < -0.4 is 0 Å². The molecule has 1 aliphatic rings. The number of rotatable bonds is 0. The van der Waals surface area contributed by atoms with Gasteiger partial charge in [-0.25, -0.2) is 4.39 Å². The Hall–Kier alpha value is -0.150. The first-order valence-corrected chi connectivity index (χ1v) is 3.20. The van der Waals surface area contributed by atoms with Gasteiger partial charge in [-0.15, -0.1) is 0 Å². The standard InChI is InChI=1S/C6H11FO2/c7-5-1-3-9-4-2-6(5)8/h5-6,8H,1-4H2. The summed E-state index contributed by atoms with van der Waals surface area (Å²) in [7, 11) is 0. The number of hydrogen-bond donors (Lipinski definition) is 1. The van der Waals surface area contributed by atoms with Gasteiger partial charge in [-0.2, -0.15) is 0 Å². The van der Waals surface area contributed by atoms with E-state index in [1.165, 1.54) is 0 Å². The number of alkyl halides is 1. The lowest BCUT2D eigenvalue weighted by Gasteiger charge is -2.08. The summed E-state index contributed by atoms with van der Waals surface area (Å²) in [5.41, 5.74) is 0. The van der Waals surface area contributed by atoms with Crippen LogP contribution in [0.4, 0.5) is 4.39 Å². The van der Waals surface area contributed by atoms with E-state index < -0.39 is 12.3 Å². The highest BCUT2D eigenvalue weighted by Crippen LogP contribution is 2.11. The fraction of sp³-hybridized carbons (Fsp3) is 1.00. The third-order valence-corrected chi connectivity index (χ3v) is 1.51. The summed E-state index contributed by atoms with van der Waals surface area (Å²) in [4.78, 5) is 0. The SMILES string of the molecule is OC1CCOCCC1F. The van der Waals surface area contributed by atoms with Crippen molar-refractivity contribution >= 4 is 0 Å². The van der Waals surface area contributed by atoms with Crippen LogP contribution in [-0.2, 0) is 4.74 Å². The van der Waals surface area contributed by atoms with E-state index in [-0.39, 0.29) is 0 Å². The van der Waals surface area contributed by atoms with Crippen molar-refractivity contribution in [2.75, 3.05) is 13.2 Å². The van der Waals surface area contributed by atoms with Gasteiger partial charge in [0.05, 0.1) is 6.10 Å². The van der Waals surface area contributed by atoms with Gasteiger partial charge in [0, 0.05) is 19.6 Å². The Bertz CT molecular complexity index is 77.1. The molecular formula is C6H11FO2. The summed E-state index contributed by atoms with van der Waals surface area (Å²) in [6, 6.07) is 0. The van der Waals surface area contributed by atoms with Gasteiger partial charge in [0.15, 0.2) is 0 Å². The molecule has 1 saturated heterocycles. The Labute approximate surface area is 53.6 Å². The topological polar surface area (TPSA) is 29.5 Å². The second-order valence-corrected chi connectivity index (χ2v) is 2.27. The molecule has 0 spiro atoms. The molecule has 54 valence electrons. The van der Waals surface area contributed by atoms with Crippen molar-refractivity contribution in [3.63, 3.8) is 0 Å². The molecule has 9 heavy (non-hydrogen) atoms. The zero-order valence-electron chi connectivity index (χ0n) is 5.22. The maximum absolute atomic E-state index is 12.5. The molecule has 3 heteroatoms. The molecule has 0 saturated carbocycles. The number of aliphatic hydroxyl groups excluding tert-OH is 1. The molecule has 2 unspecified atom stereocenters. The highest BCUT2D eigenvalue weighted by Gasteiger charge is 2.20. The molecule has 1 aliphatic heterocycles. The molecule has 0 aromatic rings. The Morgan fingerprint density at radius 3 is 2.78 bits per heavy atom. The molecule has 1 N–H and O–H groups in total. The Balaban J connectivity index is 2.32. The van der Waals surface area contributed by atoms with E-state index in [0.29, 0.717) is 26.1 Å². The van der Waals surface area contributed by atoms with Crippen molar-refractivity contribution < 1.29 is 14.2 Å². The Kier molecular flexibility index (Phi) is 2.42. The van der Waals surface area contributed by atoms with Crippen molar-refractivity contribution in [1.29, 1.82) is 0 Å². The normalized spacial score (nSPS) is 38.0. The van der Waals surface area contributed by atoms with Crippen LogP contribution in [0.5, 0.6) is 0 Å². The fourth-order valence-corrected chi connectivity index (χ4v) is 0.875. The number of halogens is 1. The molecule has 1 rings (SSSR count). The zero-order valence-corrected chi connectivity index (χ0v) is 5.22. The lowest BCUT2D eigenvalue weighted by atomic mass is 10.1. The molecule has 0 radical (unpaired) electrons. The van der Waals surface area contributed by atoms with Crippen molar-refractivity contribution in [2.24, 2.45) is 0 Å². The van der Waals surface area contributed by atoms with E-state index in [4.69, 9.17) is 9.84 Å². The summed E-state index contributed by atoms with van der Waals surface area (Å²) in [6.45, 7) is 0.930. The molecule has 1 heterocycles. The minimum Gasteiger partial charge on any atom is -0.390 e. The van der Waals surface area contributed by atoms with E-state index in [1.54, 1.807) is 0 Å². The van der Waals surface area contributed by atoms with Crippen LogP contribution >= 0.6 is 0 Å². The molecule has 0 aromatic carbocycles. The second-order valence-electron chi connectivity index (χ2n) is 2.27. The van der Waals surface area contributed by atoms with Crippen molar-refractivity contribution in [2.45, 2.75) is 25.1 Å². The summed E-state index contributed by atoms with van der Waals surface area (Å²) >= 11 is 0. The summed E-state index contributed by atoms with van der Waals surface area (Å²) < 4.78 is 17.4. The highest BCUT2D eigenvalue weighted by atomic mass is 19.1. The first kappa shape index (κ1) is 6.96. The maximum atomic E-state index is 12.5. The van der Waals surface area contributed by atoms with Crippen LogP contribution in [0, 0.1) is 0 Å². The third kappa shape index (κ3) is 1.91. The number of ether oxygens (including phenoxy) is 1.